The Bertz CT molecular complexity index is 2950. The largest absolute Gasteiger partial charge is 0.495 e. The Kier molecular flexibility index (Phi) is 13.5. The fourth-order valence-electron chi connectivity index (χ4n) is 13.2. The highest BCUT2D eigenvalue weighted by Crippen LogP contribution is 2.56. The third-order valence-electron chi connectivity index (χ3n) is 17.1. The molecule has 0 spiro atoms. The van der Waals surface area contributed by atoms with Crippen LogP contribution in [0.5, 0.6) is 11.5 Å². The molecule has 2 saturated heterocycles. The molecule has 0 bridgehead atoms. The standard InChI is InChI=1S/C56H70F2N12O4/c1-34(71)67-22-17-45-44(32-67)49(69-18-10-11-35-23-42(38-29-62-65(8)30-38)43(48(57)58)25-46(35)69)64-70(45)40-15-19-66(20-16-40)31-39-14-21-68(33-54(39,2)3)53-60-27-37(28-61-53)50(72)63-51-55(4,5)52(56(51,6)7)74-41-13-12-36(26-59)47(24-41)73-9/h12-13,23-25,27-30,39-40,48,51-52H,10-11,14-22,31-33H2,1-9H3,(H,63,72). The van der Waals surface area contributed by atoms with Gasteiger partial charge < -0.3 is 34.4 Å². The van der Waals surface area contributed by atoms with E-state index in [0.717, 1.165) is 93.2 Å². The number of alkyl halides is 2. The normalized spacial score (nSPS) is 22.4. The van der Waals surface area contributed by atoms with E-state index in [0.29, 0.717) is 71.7 Å². The molecule has 3 aromatic heterocycles. The summed E-state index contributed by atoms with van der Waals surface area (Å²) >= 11 is 0. The number of aromatic nitrogens is 6. The second-order valence-electron chi connectivity index (χ2n) is 23.1. The number of carbonyl (C=O) groups is 2. The van der Waals surface area contributed by atoms with Crippen molar-refractivity contribution >= 4 is 29.3 Å². The summed E-state index contributed by atoms with van der Waals surface area (Å²) in [4.78, 5) is 44.8. The summed E-state index contributed by atoms with van der Waals surface area (Å²) < 4.78 is 45.4. The highest BCUT2D eigenvalue weighted by atomic mass is 19.3. The predicted octanol–water partition coefficient (Wildman–Crippen LogP) is 8.68. The molecule has 74 heavy (non-hydrogen) atoms. The van der Waals surface area contributed by atoms with E-state index >= 15 is 0 Å². The Balaban J connectivity index is 0.767. The van der Waals surface area contributed by atoms with E-state index in [1.165, 1.54) is 7.11 Å². The molecule has 16 nitrogen and oxygen atoms in total. The van der Waals surface area contributed by atoms with E-state index in [2.05, 4.69) is 77.4 Å². The molecule has 392 valence electrons. The molecule has 18 heteroatoms. The lowest BCUT2D eigenvalue weighted by Crippen LogP contribution is -2.74. The highest BCUT2D eigenvalue weighted by Gasteiger charge is 2.64. The first-order valence-electron chi connectivity index (χ1n) is 26.2. The minimum atomic E-state index is -2.67. The first-order valence-corrected chi connectivity index (χ1v) is 26.2. The van der Waals surface area contributed by atoms with Crippen LogP contribution in [0.2, 0.25) is 0 Å². The van der Waals surface area contributed by atoms with E-state index in [-0.39, 0.29) is 41.0 Å². The van der Waals surface area contributed by atoms with E-state index < -0.39 is 17.3 Å². The number of aryl methyl sites for hydroxylation is 2. The SMILES string of the molecule is COc1cc(OC2C(C)(C)C(NC(=O)c3cnc(N4CCC(CN5CCC(n6nc(N7CCCc8cc(-c9cnn(C)c9)c(C(F)F)cc87)c7c6CCN(C(C)=O)C7)CC5)C(C)(C)C4)nc3)C2(C)C)ccc1C#N. The summed E-state index contributed by atoms with van der Waals surface area (Å²) in [6.07, 6.45) is 9.00. The number of nitrogens with one attached hydrogen (secondary N) is 1. The number of nitrogens with zero attached hydrogens (tertiary/aromatic N) is 11. The number of benzene rings is 2. The van der Waals surface area contributed by atoms with Crippen LogP contribution in [-0.4, -0.2) is 116 Å². The van der Waals surface area contributed by atoms with E-state index in [9.17, 15) is 23.6 Å². The van der Waals surface area contributed by atoms with Gasteiger partial charge in [0.15, 0.2) is 5.82 Å². The number of nitriles is 1. The van der Waals surface area contributed by atoms with Crippen LogP contribution in [0.3, 0.4) is 0 Å². The van der Waals surface area contributed by atoms with Gasteiger partial charge in [0.2, 0.25) is 11.9 Å². The van der Waals surface area contributed by atoms with Gasteiger partial charge >= 0.3 is 0 Å². The van der Waals surface area contributed by atoms with Gasteiger partial charge in [-0.15, -0.1) is 0 Å². The van der Waals surface area contributed by atoms with Crippen molar-refractivity contribution < 1.29 is 27.8 Å². The number of methoxy groups -OCH3 is 1. The molecule has 1 saturated carbocycles. The molecule has 5 aliphatic rings. The molecule has 5 aromatic rings. The predicted molar refractivity (Wildman–Crippen MR) is 278 cm³/mol. The number of rotatable bonds is 12. The van der Waals surface area contributed by atoms with Crippen molar-refractivity contribution in [3.8, 4) is 28.7 Å². The number of piperidine rings is 2. The van der Waals surface area contributed by atoms with Gasteiger partial charge in [-0.25, -0.2) is 18.7 Å². The van der Waals surface area contributed by atoms with Crippen molar-refractivity contribution in [2.75, 3.05) is 62.7 Å². The summed E-state index contributed by atoms with van der Waals surface area (Å²) in [5.74, 6) is 2.71. The number of halogens is 2. The Hall–Kier alpha value is -6.61. The third kappa shape index (κ3) is 9.34. The molecule has 1 unspecified atom stereocenters. The summed E-state index contributed by atoms with van der Waals surface area (Å²) in [6, 6.07) is 10.9. The number of hydrogen-bond acceptors (Lipinski definition) is 12. The van der Waals surface area contributed by atoms with Gasteiger partial charge in [-0.2, -0.15) is 15.5 Å². The minimum absolute atomic E-state index is 0.0165. The van der Waals surface area contributed by atoms with Gasteiger partial charge in [0, 0.05) is 136 Å². The fraction of sp³-hybridized carbons (Fsp3) is 0.554. The van der Waals surface area contributed by atoms with Gasteiger partial charge in [0.25, 0.3) is 12.3 Å². The summed E-state index contributed by atoms with van der Waals surface area (Å²) in [7, 11) is 3.32. The molecule has 1 atom stereocenters. The summed E-state index contributed by atoms with van der Waals surface area (Å²) in [5, 5.41) is 22.3. The molecule has 3 fully saturated rings. The second-order valence-corrected chi connectivity index (χ2v) is 23.1. The van der Waals surface area contributed by atoms with Crippen LogP contribution in [0.15, 0.2) is 55.1 Å². The fourth-order valence-corrected chi connectivity index (χ4v) is 13.2. The molecule has 2 amide bonds. The van der Waals surface area contributed by atoms with Gasteiger partial charge in [0.05, 0.1) is 37.0 Å². The lowest BCUT2D eigenvalue weighted by Gasteiger charge is -2.63. The lowest BCUT2D eigenvalue weighted by atomic mass is 9.49. The van der Waals surface area contributed by atoms with Crippen molar-refractivity contribution in [2.24, 2.45) is 29.2 Å². The zero-order valence-electron chi connectivity index (χ0n) is 44.3. The average molecular weight is 1010 g/mol. The number of anilines is 3. The van der Waals surface area contributed by atoms with Crippen molar-refractivity contribution in [3.63, 3.8) is 0 Å². The van der Waals surface area contributed by atoms with Crippen LogP contribution >= 0.6 is 0 Å². The first-order chi connectivity index (χ1) is 35.3. The Morgan fingerprint density at radius 2 is 1.69 bits per heavy atom. The monoisotopic (exact) mass is 1010 g/mol. The first kappa shape index (κ1) is 50.9. The number of ether oxygens (including phenoxy) is 2. The molecule has 10 rings (SSSR count). The highest BCUT2D eigenvalue weighted by molar-refractivity contribution is 5.94. The van der Waals surface area contributed by atoms with Gasteiger partial charge in [-0.3, -0.25) is 19.0 Å². The number of fused-ring (bicyclic) bond motifs is 2. The lowest BCUT2D eigenvalue weighted by molar-refractivity contribution is -0.164. The second kappa shape index (κ2) is 19.6. The van der Waals surface area contributed by atoms with E-state index in [4.69, 9.17) is 24.5 Å². The van der Waals surface area contributed by atoms with Crippen LogP contribution in [0.1, 0.15) is 125 Å². The molecule has 1 aliphatic carbocycles. The van der Waals surface area contributed by atoms with Crippen molar-refractivity contribution in [1.29, 1.82) is 5.26 Å². The van der Waals surface area contributed by atoms with Gasteiger partial charge in [-0.1, -0.05) is 41.5 Å². The van der Waals surface area contributed by atoms with Crippen molar-refractivity contribution in [3.05, 3.63) is 88.6 Å². The van der Waals surface area contributed by atoms with Crippen LogP contribution in [0, 0.1) is 33.5 Å². The molecular formula is C56H70F2N12O4. The van der Waals surface area contributed by atoms with Crippen LogP contribution in [-0.2, 0) is 31.2 Å². The zero-order valence-corrected chi connectivity index (χ0v) is 44.3. The summed E-state index contributed by atoms with van der Waals surface area (Å²) in [5.41, 5.74) is 5.14. The van der Waals surface area contributed by atoms with Crippen molar-refractivity contribution in [1.82, 2.24) is 44.6 Å². The Morgan fingerprint density at radius 1 is 0.946 bits per heavy atom. The van der Waals surface area contributed by atoms with Gasteiger partial charge in [0.1, 0.15) is 23.7 Å². The van der Waals surface area contributed by atoms with Crippen molar-refractivity contribution in [2.45, 2.75) is 118 Å². The number of hydrogen-bond donors (Lipinski definition) is 1. The third-order valence-corrected chi connectivity index (χ3v) is 17.1. The Morgan fingerprint density at radius 3 is 2.34 bits per heavy atom. The zero-order chi connectivity index (χ0) is 52.4. The maximum atomic E-state index is 14.8. The average Bonchev–Trinajstić information content (AvgIpc) is 4.00. The maximum absolute atomic E-state index is 14.8. The quantitative estimate of drug-likeness (QED) is 0.127. The maximum Gasteiger partial charge on any atom is 0.264 e. The molecule has 1 N–H and O–H groups in total. The smallest absolute Gasteiger partial charge is 0.264 e. The number of carbonyl (C=O) groups excluding carboxylic acids is 2. The summed E-state index contributed by atoms with van der Waals surface area (Å²) in [6.45, 7) is 20.8. The van der Waals surface area contributed by atoms with Crippen LogP contribution < -0.4 is 24.6 Å². The Labute approximate surface area is 433 Å². The molecule has 7 heterocycles. The van der Waals surface area contributed by atoms with Gasteiger partial charge in [-0.05, 0) is 78.8 Å². The number of likely N-dealkylation sites (tertiary alicyclic amines) is 1. The van der Waals surface area contributed by atoms with E-state index in [1.807, 2.05) is 11.0 Å². The molecular weight excluding hydrogens is 943 g/mol. The number of amides is 2. The van der Waals surface area contributed by atoms with E-state index in [1.54, 1.807) is 67.7 Å². The van der Waals surface area contributed by atoms with Crippen LogP contribution in [0.4, 0.5) is 26.2 Å². The van der Waals surface area contributed by atoms with Crippen LogP contribution in [0.25, 0.3) is 11.1 Å². The molecule has 0 radical (unpaired) electrons. The minimum Gasteiger partial charge on any atom is -0.495 e. The molecule has 2 aromatic carbocycles. The topological polar surface area (TPSA) is 163 Å². The molecule has 4 aliphatic heterocycles.